The van der Waals surface area contributed by atoms with Gasteiger partial charge in [-0.25, -0.2) is 0 Å². The summed E-state index contributed by atoms with van der Waals surface area (Å²) in [5.41, 5.74) is -2.89. The highest BCUT2D eigenvalue weighted by Gasteiger charge is 3.05. The summed E-state index contributed by atoms with van der Waals surface area (Å²) in [5, 5.41) is 105. The smallest absolute Gasteiger partial charge is 0.323 e. The summed E-state index contributed by atoms with van der Waals surface area (Å²) in [6.45, 7) is 0. The van der Waals surface area contributed by atoms with Gasteiger partial charge >= 0.3 is 23.9 Å². The third-order valence-electron chi connectivity index (χ3n) is 27.5. The highest BCUT2D eigenvalue weighted by molar-refractivity contribution is 6.79. The molecule has 10 aliphatic carbocycles. The van der Waals surface area contributed by atoms with Gasteiger partial charge in [-0.15, -0.1) is 0 Å². The van der Waals surface area contributed by atoms with Gasteiger partial charge in [-0.05, 0) is 303 Å². The van der Waals surface area contributed by atoms with Crippen molar-refractivity contribution in [2.24, 2.45) is 10.8 Å². The predicted molar refractivity (Wildman–Crippen MR) is 282 cm³/mol. The minimum Gasteiger partial charge on any atom is -0.480 e. The first-order chi connectivity index (χ1) is 36.2. The van der Waals surface area contributed by atoms with E-state index in [0.717, 1.165) is 163 Å². The van der Waals surface area contributed by atoms with E-state index in [1.165, 1.54) is 140 Å². The number of aliphatic carboxylic acids is 4. The van der Waals surface area contributed by atoms with Crippen LogP contribution in [0.2, 0.25) is 0 Å². The zero-order valence-electron chi connectivity index (χ0n) is 36.4. The summed E-state index contributed by atoms with van der Waals surface area (Å²) in [4.78, 5) is 62.5. The largest absolute Gasteiger partial charge is 0.480 e. The topological polar surface area (TPSA) is 149 Å². The second-order valence-corrected chi connectivity index (χ2v) is 26.7. The molecule has 0 bridgehead atoms. The van der Waals surface area contributed by atoms with Crippen molar-refractivity contribution in [3.8, 4) is 11.1 Å². The van der Waals surface area contributed by atoms with E-state index in [0.29, 0.717) is 0 Å². The van der Waals surface area contributed by atoms with Crippen molar-refractivity contribution < 1.29 is 39.6 Å². The maximum absolute atomic E-state index is 15.6. The highest BCUT2D eigenvalue weighted by Crippen LogP contribution is 3.02. The second-order valence-electron chi connectivity index (χ2n) is 26.7. The molecule has 34 rings (SSSR count). The number of benzene rings is 16. The molecule has 24 aromatic carbocycles. The normalized spacial score (nSPS) is 27.8. The van der Waals surface area contributed by atoms with Crippen LogP contribution in [0.3, 0.4) is 0 Å². The van der Waals surface area contributed by atoms with Crippen molar-refractivity contribution in [1.82, 2.24) is 0 Å². The molecule has 10 aliphatic rings. The number of carboxylic acids is 4. The van der Waals surface area contributed by atoms with Crippen LogP contribution in [0.1, 0.15) is 44.5 Å². The molecule has 4 spiro atoms. The molecule has 2 fully saturated rings. The van der Waals surface area contributed by atoms with Crippen LogP contribution in [0, 0.1) is 10.8 Å². The SMILES string of the molecule is O=C(O)C1(C(=O)O)C23c4c5c6c7c8c9c%10c%11c%12c%13c%14c(c-5c5c%15c%16c(c%17c%18c2c2c4c7c4c8c7c%10c8c%10c%11c%11c%13c(c%14%15)c%13c%16c%14c%17c%15c%18c%16c2c4c2c7c8c4c(c%162)c%15c2c%14c%13c%11c%10c24)C513)C61C(C(=O)O)(C(=O)O)C9%121. The van der Waals surface area contributed by atoms with Crippen molar-refractivity contribution in [2.75, 3.05) is 0 Å². The van der Waals surface area contributed by atoms with E-state index in [1.807, 2.05) is 0 Å². The van der Waals surface area contributed by atoms with E-state index in [-0.39, 0.29) is 0 Å². The molecule has 0 aromatic heterocycles. The molecule has 316 valence electrons. The first kappa shape index (κ1) is 28.0. The maximum atomic E-state index is 15.6. The van der Waals surface area contributed by atoms with E-state index in [4.69, 9.17) is 0 Å². The predicted octanol–water partition coefficient (Wildman–Crippen LogP) is 13.1. The van der Waals surface area contributed by atoms with Gasteiger partial charge in [-0.3, -0.25) is 19.2 Å². The Kier molecular flexibility index (Phi) is 2.21. The van der Waals surface area contributed by atoms with Gasteiger partial charge in [0, 0.05) is 0 Å². The lowest BCUT2D eigenvalue weighted by molar-refractivity contribution is -0.160. The Morgan fingerprint density at radius 2 is 0.284 bits per heavy atom. The van der Waals surface area contributed by atoms with Crippen LogP contribution in [0.4, 0.5) is 0 Å². The molecular formula is C66H4O8. The van der Waals surface area contributed by atoms with Gasteiger partial charge in [-0.1, -0.05) is 0 Å². The molecule has 8 nitrogen and oxygen atoms in total. The van der Waals surface area contributed by atoms with Crippen LogP contribution in [0.15, 0.2) is 0 Å². The van der Waals surface area contributed by atoms with Gasteiger partial charge in [0.15, 0.2) is 10.8 Å². The van der Waals surface area contributed by atoms with Gasteiger partial charge in [0.1, 0.15) is 0 Å². The van der Waals surface area contributed by atoms with Crippen LogP contribution in [-0.2, 0) is 40.8 Å². The summed E-state index contributed by atoms with van der Waals surface area (Å²) >= 11 is 0. The molecule has 0 radical (unpaired) electrons. The quantitative estimate of drug-likeness (QED) is 0.101. The summed E-state index contributed by atoms with van der Waals surface area (Å²) in [5.74, 6) is -5.31. The van der Waals surface area contributed by atoms with Crippen LogP contribution in [-0.4, -0.2) is 44.3 Å². The van der Waals surface area contributed by atoms with Crippen LogP contribution >= 0.6 is 0 Å². The van der Waals surface area contributed by atoms with E-state index in [1.54, 1.807) is 0 Å². The van der Waals surface area contributed by atoms with Gasteiger partial charge in [0.25, 0.3) is 0 Å². The Labute approximate surface area is 397 Å². The Morgan fingerprint density at radius 1 is 0.176 bits per heavy atom. The number of hydrogen-bond donors (Lipinski definition) is 4. The summed E-state index contributed by atoms with van der Waals surface area (Å²) in [6, 6.07) is 0. The number of hydrogen-bond acceptors (Lipinski definition) is 4. The van der Waals surface area contributed by atoms with Gasteiger partial charge in [-0.2, -0.15) is 0 Å². The average Bonchev–Trinajstić information content (AvgIpc) is 1.52. The molecule has 24 aromatic rings. The second kappa shape index (κ2) is 5.84. The van der Waals surface area contributed by atoms with Crippen molar-refractivity contribution in [3.63, 3.8) is 0 Å². The summed E-state index contributed by atoms with van der Waals surface area (Å²) < 4.78 is 0. The van der Waals surface area contributed by atoms with E-state index >= 15 is 19.2 Å². The lowest BCUT2D eigenvalue weighted by Gasteiger charge is -2.34. The van der Waals surface area contributed by atoms with Gasteiger partial charge < -0.3 is 20.4 Å². The monoisotopic (exact) mass is 924 g/mol. The third-order valence-corrected chi connectivity index (χ3v) is 27.5. The molecule has 2 atom stereocenters. The molecule has 74 heavy (non-hydrogen) atoms. The van der Waals surface area contributed by atoms with Crippen LogP contribution in [0.25, 0.3) is 259 Å². The first-order valence-corrected chi connectivity index (χ1v) is 26.2. The van der Waals surface area contributed by atoms with E-state index < -0.39 is 56.4 Å². The highest BCUT2D eigenvalue weighted by atomic mass is 16.4. The lowest BCUT2D eigenvalue weighted by atomic mass is 9.66. The Morgan fingerprint density at radius 3 is 0.446 bits per heavy atom. The van der Waals surface area contributed by atoms with Crippen molar-refractivity contribution in [2.45, 2.75) is 21.7 Å². The van der Waals surface area contributed by atoms with Crippen molar-refractivity contribution >= 4 is 272 Å². The Balaban J connectivity index is 1.18. The molecular weight excluding hydrogens is 921 g/mol. The molecule has 0 saturated heterocycles. The van der Waals surface area contributed by atoms with Crippen molar-refractivity contribution in [1.29, 1.82) is 0 Å². The molecule has 2 unspecified atom stereocenters. The van der Waals surface area contributed by atoms with E-state index in [2.05, 4.69) is 0 Å². The fourth-order valence-electron chi connectivity index (χ4n) is 28.1. The number of rotatable bonds is 4. The third kappa shape index (κ3) is 1.27. The molecule has 0 aliphatic heterocycles. The Bertz CT molecular complexity index is 7200. The maximum Gasteiger partial charge on any atom is 0.323 e. The molecule has 2 saturated carbocycles. The summed E-state index contributed by atoms with van der Waals surface area (Å²) in [6.07, 6.45) is 0. The van der Waals surface area contributed by atoms with Gasteiger partial charge in [0.05, 0.1) is 21.7 Å². The molecule has 0 heterocycles. The van der Waals surface area contributed by atoms with Crippen LogP contribution in [0.5, 0.6) is 0 Å². The first-order valence-electron chi connectivity index (χ1n) is 26.2. The minimum absolute atomic E-state index is 0.755. The zero-order chi connectivity index (χ0) is 45.6. The van der Waals surface area contributed by atoms with Gasteiger partial charge in [0.2, 0.25) is 0 Å². The zero-order valence-corrected chi connectivity index (χ0v) is 36.4. The molecule has 0 amide bonds. The number of carbonyl (C=O) groups is 4. The minimum atomic E-state index is -2.37. The fourth-order valence-corrected chi connectivity index (χ4v) is 28.1. The molecule has 8 heteroatoms. The average molecular weight is 925 g/mol. The van der Waals surface area contributed by atoms with Crippen LogP contribution < -0.4 is 0 Å². The number of carboxylic acid groups (broad SMARTS) is 4. The summed E-state index contributed by atoms with van der Waals surface area (Å²) in [7, 11) is 0. The molecule has 4 N–H and O–H groups in total. The Hall–Kier alpha value is -9.40. The standard InChI is InChI=1S/C66H4O8/c67-57(68)65(58(69)70)61-49-35-25-14-5-1-2-4-9-3(1)10-7-12(5)20(25)31-23-16(7)27-18(10)29-22(9)30-19-11(4)8-13-6(2)15(14)26-21(13)32-24-17(8)28(19)40-44-34(24)46(42(32)50(61)36(26)35)56-48-47-53-43(33(23)45(41(31)49)55(47)64(56,61)65)39(27)51-37(29)38(30)52(40)63(54(44)48)62(51,53)66(63,59(71)72)60(73)74/h(H,67,68)(H,69,70)(H,71,72)(H,73,74). The van der Waals surface area contributed by atoms with E-state index in [9.17, 15) is 20.4 Å². The van der Waals surface area contributed by atoms with Crippen molar-refractivity contribution in [3.05, 3.63) is 44.5 Å². The lowest BCUT2D eigenvalue weighted by Crippen LogP contribution is -2.36. The fraction of sp³-hybridized carbons (Fsp3) is 0.0909.